The van der Waals surface area contributed by atoms with Crippen molar-refractivity contribution in [2.75, 3.05) is 23.3 Å². The molecule has 0 radical (unpaired) electrons. The van der Waals surface area contributed by atoms with Gasteiger partial charge in [-0.3, -0.25) is 14.9 Å². The Kier molecular flexibility index (Phi) is 5.52. The molecule has 2 rings (SSSR count). The molecular weight excluding hydrogens is 306 g/mol. The van der Waals surface area contributed by atoms with E-state index in [0.717, 1.165) is 18.8 Å². The minimum atomic E-state index is -0.454. The van der Waals surface area contributed by atoms with Crippen LogP contribution >= 0.6 is 0 Å². The lowest BCUT2D eigenvalue weighted by Gasteiger charge is -2.21. The molecule has 0 aliphatic carbocycles. The van der Waals surface area contributed by atoms with Gasteiger partial charge < -0.3 is 10.2 Å². The van der Waals surface area contributed by atoms with Crippen LogP contribution in [0.15, 0.2) is 42.5 Å². The number of carbonyl (C=O) groups excluding carboxylic acids is 1. The summed E-state index contributed by atoms with van der Waals surface area (Å²) < 4.78 is 0. The highest BCUT2D eigenvalue weighted by Crippen LogP contribution is 2.22. The Morgan fingerprint density at radius 1 is 1.12 bits per heavy atom. The molecular formula is C18H21N3O3. The van der Waals surface area contributed by atoms with E-state index in [0.29, 0.717) is 16.8 Å². The third-order valence-corrected chi connectivity index (χ3v) is 3.93. The van der Waals surface area contributed by atoms with Crippen molar-refractivity contribution in [2.24, 2.45) is 0 Å². The zero-order valence-corrected chi connectivity index (χ0v) is 14.1. The Hall–Kier alpha value is -2.89. The fourth-order valence-electron chi connectivity index (χ4n) is 2.51. The molecule has 0 fully saturated rings. The van der Waals surface area contributed by atoms with Gasteiger partial charge >= 0.3 is 0 Å². The van der Waals surface area contributed by atoms with E-state index in [9.17, 15) is 14.9 Å². The molecule has 6 nitrogen and oxygen atoms in total. The van der Waals surface area contributed by atoms with E-state index in [-0.39, 0.29) is 11.6 Å². The van der Waals surface area contributed by atoms with Crippen molar-refractivity contribution in [3.63, 3.8) is 0 Å². The summed E-state index contributed by atoms with van der Waals surface area (Å²) in [5.41, 5.74) is 2.84. The summed E-state index contributed by atoms with van der Waals surface area (Å²) in [5.74, 6) is -0.238. The van der Waals surface area contributed by atoms with Gasteiger partial charge in [-0.15, -0.1) is 0 Å². The molecule has 0 spiro atoms. The number of anilines is 2. The Bertz CT molecular complexity index is 738. The van der Waals surface area contributed by atoms with Crippen LogP contribution in [-0.4, -0.2) is 23.9 Å². The zero-order valence-electron chi connectivity index (χ0n) is 14.1. The predicted octanol–water partition coefficient (Wildman–Crippen LogP) is 4.00. The van der Waals surface area contributed by atoms with Crippen LogP contribution in [0.1, 0.15) is 29.8 Å². The fourth-order valence-corrected chi connectivity index (χ4v) is 2.51. The molecule has 0 aliphatic rings. The highest BCUT2D eigenvalue weighted by atomic mass is 16.6. The number of amides is 1. The minimum absolute atomic E-state index is 0.00840. The van der Waals surface area contributed by atoms with E-state index in [4.69, 9.17) is 0 Å². The van der Waals surface area contributed by atoms with Crippen molar-refractivity contribution in [3.05, 3.63) is 63.7 Å². The summed E-state index contributed by atoms with van der Waals surface area (Å²) >= 11 is 0. The van der Waals surface area contributed by atoms with Gasteiger partial charge in [-0.1, -0.05) is 0 Å². The summed E-state index contributed by atoms with van der Waals surface area (Å²) in [7, 11) is 0. The predicted molar refractivity (Wildman–Crippen MR) is 95.8 cm³/mol. The van der Waals surface area contributed by atoms with Crippen molar-refractivity contribution in [2.45, 2.75) is 20.8 Å². The van der Waals surface area contributed by atoms with Gasteiger partial charge in [0.1, 0.15) is 0 Å². The number of nitrogens with zero attached hydrogens (tertiary/aromatic N) is 2. The van der Waals surface area contributed by atoms with E-state index in [1.165, 1.54) is 12.1 Å². The number of aryl methyl sites for hydroxylation is 1. The van der Waals surface area contributed by atoms with Crippen molar-refractivity contribution in [1.82, 2.24) is 0 Å². The van der Waals surface area contributed by atoms with Crippen LogP contribution in [0.4, 0.5) is 17.1 Å². The largest absolute Gasteiger partial charge is 0.372 e. The first-order valence-corrected chi connectivity index (χ1v) is 7.87. The first kappa shape index (κ1) is 17.5. The lowest BCUT2D eigenvalue weighted by Crippen LogP contribution is -2.21. The van der Waals surface area contributed by atoms with Gasteiger partial charge in [0, 0.05) is 42.2 Å². The number of hydrogen-bond donors (Lipinski definition) is 1. The standard InChI is InChI=1S/C18H21N3O3/c1-4-20(5-2)15-8-6-14(7-9-15)18(22)19-17-11-10-16(21(23)24)12-13(17)3/h6-12H,4-5H2,1-3H3,(H,19,22). The van der Waals surface area contributed by atoms with E-state index < -0.39 is 4.92 Å². The molecule has 0 aromatic heterocycles. The molecule has 0 atom stereocenters. The maximum Gasteiger partial charge on any atom is 0.269 e. The van der Waals surface area contributed by atoms with Crippen LogP contribution in [0, 0.1) is 17.0 Å². The first-order valence-electron chi connectivity index (χ1n) is 7.87. The SMILES string of the molecule is CCN(CC)c1ccc(C(=O)Nc2ccc([N+](=O)[O-])cc2C)cc1. The molecule has 6 heteroatoms. The average Bonchev–Trinajstić information content (AvgIpc) is 2.58. The second kappa shape index (κ2) is 7.59. The van der Waals surface area contributed by atoms with Crippen LogP contribution in [0.2, 0.25) is 0 Å². The molecule has 0 unspecified atom stereocenters. The maximum absolute atomic E-state index is 12.3. The Balaban J connectivity index is 2.14. The van der Waals surface area contributed by atoms with Crippen molar-refractivity contribution >= 4 is 23.0 Å². The Morgan fingerprint density at radius 3 is 2.25 bits per heavy atom. The van der Waals surface area contributed by atoms with Gasteiger partial charge in [0.15, 0.2) is 0 Å². The normalized spacial score (nSPS) is 10.3. The summed E-state index contributed by atoms with van der Waals surface area (Å²) in [4.78, 5) is 24.8. The lowest BCUT2D eigenvalue weighted by atomic mass is 10.1. The first-order chi connectivity index (χ1) is 11.5. The van der Waals surface area contributed by atoms with Crippen LogP contribution in [0.25, 0.3) is 0 Å². The lowest BCUT2D eigenvalue weighted by molar-refractivity contribution is -0.384. The van der Waals surface area contributed by atoms with Crippen LogP contribution in [0.5, 0.6) is 0 Å². The quantitative estimate of drug-likeness (QED) is 0.642. The third-order valence-electron chi connectivity index (χ3n) is 3.93. The molecule has 2 aromatic carbocycles. The molecule has 0 heterocycles. The molecule has 0 aliphatic heterocycles. The smallest absolute Gasteiger partial charge is 0.269 e. The summed E-state index contributed by atoms with van der Waals surface area (Å²) in [6.45, 7) is 7.71. The number of nitro benzene ring substituents is 1. The molecule has 0 bridgehead atoms. The van der Waals surface area contributed by atoms with Gasteiger partial charge in [0.25, 0.3) is 11.6 Å². The van der Waals surface area contributed by atoms with Gasteiger partial charge in [-0.05, 0) is 56.7 Å². The van der Waals surface area contributed by atoms with Crippen LogP contribution in [0.3, 0.4) is 0 Å². The van der Waals surface area contributed by atoms with E-state index in [1.54, 1.807) is 25.1 Å². The van der Waals surface area contributed by atoms with E-state index >= 15 is 0 Å². The summed E-state index contributed by atoms with van der Waals surface area (Å²) in [6, 6.07) is 11.8. The van der Waals surface area contributed by atoms with E-state index in [2.05, 4.69) is 24.1 Å². The van der Waals surface area contributed by atoms with Crippen molar-refractivity contribution in [1.29, 1.82) is 0 Å². The molecule has 0 saturated heterocycles. The number of nitrogens with one attached hydrogen (secondary N) is 1. The summed E-state index contributed by atoms with van der Waals surface area (Å²) in [5, 5.41) is 13.6. The molecule has 2 aromatic rings. The number of rotatable bonds is 6. The van der Waals surface area contributed by atoms with Gasteiger partial charge in [-0.2, -0.15) is 0 Å². The Labute approximate surface area is 141 Å². The highest BCUT2D eigenvalue weighted by Gasteiger charge is 2.12. The Morgan fingerprint density at radius 2 is 1.75 bits per heavy atom. The van der Waals surface area contributed by atoms with Gasteiger partial charge in [-0.25, -0.2) is 0 Å². The second-order valence-electron chi connectivity index (χ2n) is 5.43. The number of carbonyl (C=O) groups is 1. The molecule has 24 heavy (non-hydrogen) atoms. The number of non-ortho nitro benzene ring substituents is 1. The van der Waals surface area contributed by atoms with Crippen molar-refractivity contribution in [3.8, 4) is 0 Å². The summed E-state index contributed by atoms with van der Waals surface area (Å²) in [6.07, 6.45) is 0. The van der Waals surface area contributed by atoms with Crippen molar-refractivity contribution < 1.29 is 9.72 Å². The number of nitro groups is 1. The van der Waals surface area contributed by atoms with Gasteiger partial charge in [0.05, 0.1) is 4.92 Å². The number of benzene rings is 2. The maximum atomic E-state index is 12.3. The number of hydrogen-bond acceptors (Lipinski definition) is 4. The van der Waals surface area contributed by atoms with Gasteiger partial charge in [0.2, 0.25) is 0 Å². The topological polar surface area (TPSA) is 75.5 Å². The molecule has 126 valence electrons. The average molecular weight is 327 g/mol. The highest BCUT2D eigenvalue weighted by molar-refractivity contribution is 6.04. The fraction of sp³-hybridized carbons (Fsp3) is 0.278. The molecule has 1 amide bonds. The molecule has 1 N–H and O–H groups in total. The van der Waals surface area contributed by atoms with E-state index in [1.807, 2.05) is 12.1 Å². The molecule has 0 saturated carbocycles. The zero-order chi connectivity index (χ0) is 17.7. The second-order valence-corrected chi connectivity index (χ2v) is 5.43. The van der Waals surface area contributed by atoms with Crippen LogP contribution < -0.4 is 10.2 Å². The third kappa shape index (κ3) is 3.90. The van der Waals surface area contributed by atoms with Crippen LogP contribution in [-0.2, 0) is 0 Å². The minimum Gasteiger partial charge on any atom is -0.372 e. The monoisotopic (exact) mass is 327 g/mol.